The number of hydrogen-bond donors (Lipinski definition) is 2. The van der Waals surface area contributed by atoms with Gasteiger partial charge in [0.15, 0.2) is 0 Å². The maximum absolute atomic E-state index is 12.0. The van der Waals surface area contributed by atoms with E-state index in [0.29, 0.717) is 12.5 Å². The average molecular weight is 248 g/mol. The van der Waals surface area contributed by atoms with Gasteiger partial charge in [0, 0.05) is 17.7 Å². The van der Waals surface area contributed by atoms with Crippen LogP contribution >= 0.6 is 0 Å². The Morgan fingerprint density at radius 3 is 3.00 bits per heavy atom. The van der Waals surface area contributed by atoms with Crippen LogP contribution in [0, 0.1) is 11.8 Å². The van der Waals surface area contributed by atoms with E-state index in [2.05, 4.69) is 17.2 Å². The molecule has 0 saturated heterocycles. The van der Waals surface area contributed by atoms with Gasteiger partial charge in [0.05, 0.1) is 6.54 Å². The molecule has 1 fully saturated rings. The van der Waals surface area contributed by atoms with Crippen LogP contribution in [0.5, 0.6) is 0 Å². The smallest absolute Gasteiger partial charge is 0.248 e. The molecule has 1 aliphatic rings. The Morgan fingerprint density at radius 2 is 2.28 bits per heavy atom. The first-order valence-electron chi connectivity index (χ1n) is 6.61. The molecule has 0 radical (unpaired) electrons. The Hall–Kier alpha value is -1.58. The van der Waals surface area contributed by atoms with Crippen LogP contribution in [0.1, 0.15) is 38.3 Å². The lowest BCUT2D eigenvalue weighted by atomic mass is 9.82. The first-order valence-corrected chi connectivity index (χ1v) is 6.61. The third-order valence-corrected chi connectivity index (χ3v) is 3.59. The summed E-state index contributed by atoms with van der Waals surface area (Å²) in [5, 5.41) is 2.91. The van der Waals surface area contributed by atoms with E-state index in [1.807, 2.05) is 6.07 Å². The van der Waals surface area contributed by atoms with Crippen LogP contribution in [-0.4, -0.2) is 10.9 Å². The molecule has 2 N–H and O–H groups in total. The zero-order chi connectivity index (χ0) is 13.0. The van der Waals surface area contributed by atoms with Gasteiger partial charge < -0.3 is 10.3 Å². The van der Waals surface area contributed by atoms with Crippen LogP contribution in [0.3, 0.4) is 0 Å². The van der Waals surface area contributed by atoms with Crippen LogP contribution in [0.2, 0.25) is 0 Å². The van der Waals surface area contributed by atoms with Crippen molar-refractivity contribution in [3.05, 3.63) is 34.2 Å². The lowest BCUT2D eigenvalue weighted by Crippen LogP contribution is -2.33. The van der Waals surface area contributed by atoms with Crippen LogP contribution in [0.15, 0.2) is 23.0 Å². The molecular weight excluding hydrogens is 228 g/mol. The van der Waals surface area contributed by atoms with Crippen LogP contribution in [0.25, 0.3) is 0 Å². The SMILES string of the molecule is CC1CCCC(C(=O)NCc2cccc(=O)[nH]2)C1. The quantitative estimate of drug-likeness (QED) is 0.857. The van der Waals surface area contributed by atoms with E-state index in [-0.39, 0.29) is 17.4 Å². The monoisotopic (exact) mass is 248 g/mol. The van der Waals surface area contributed by atoms with Crippen molar-refractivity contribution in [2.24, 2.45) is 11.8 Å². The Labute approximate surface area is 107 Å². The number of hydrogen-bond acceptors (Lipinski definition) is 2. The molecule has 2 rings (SSSR count). The number of pyridine rings is 1. The van der Waals surface area contributed by atoms with E-state index in [0.717, 1.165) is 25.0 Å². The zero-order valence-corrected chi connectivity index (χ0v) is 10.7. The van der Waals surface area contributed by atoms with Crippen molar-refractivity contribution in [2.75, 3.05) is 0 Å². The highest BCUT2D eigenvalue weighted by Crippen LogP contribution is 2.28. The molecule has 1 aliphatic carbocycles. The van der Waals surface area contributed by atoms with E-state index >= 15 is 0 Å². The summed E-state index contributed by atoms with van der Waals surface area (Å²) < 4.78 is 0. The number of carbonyl (C=O) groups is 1. The van der Waals surface area contributed by atoms with Gasteiger partial charge in [-0.2, -0.15) is 0 Å². The molecule has 1 aromatic heterocycles. The van der Waals surface area contributed by atoms with Gasteiger partial charge in [-0.15, -0.1) is 0 Å². The standard InChI is InChI=1S/C14H20N2O2/c1-10-4-2-5-11(8-10)14(18)15-9-12-6-3-7-13(17)16-12/h3,6-7,10-11H,2,4-5,8-9H2,1H3,(H,15,18)(H,16,17). The van der Waals surface area contributed by atoms with E-state index in [1.54, 1.807) is 6.07 Å². The van der Waals surface area contributed by atoms with Crippen molar-refractivity contribution in [1.82, 2.24) is 10.3 Å². The number of aromatic nitrogens is 1. The minimum atomic E-state index is -0.131. The van der Waals surface area contributed by atoms with E-state index in [4.69, 9.17) is 0 Å². The lowest BCUT2D eigenvalue weighted by molar-refractivity contribution is -0.126. The Kier molecular flexibility index (Phi) is 4.18. The first-order chi connectivity index (χ1) is 8.65. The van der Waals surface area contributed by atoms with Gasteiger partial charge >= 0.3 is 0 Å². The van der Waals surface area contributed by atoms with Gasteiger partial charge in [0.1, 0.15) is 0 Å². The fourth-order valence-electron chi connectivity index (χ4n) is 2.60. The molecule has 1 saturated carbocycles. The van der Waals surface area contributed by atoms with Gasteiger partial charge in [0.25, 0.3) is 0 Å². The molecule has 4 nitrogen and oxygen atoms in total. The molecular formula is C14H20N2O2. The van der Waals surface area contributed by atoms with Crippen LogP contribution < -0.4 is 10.9 Å². The van der Waals surface area contributed by atoms with E-state index in [1.165, 1.54) is 12.5 Å². The number of nitrogens with one attached hydrogen (secondary N) is 2. The highest BCUT2D eigenvalue weighted by molar-refractivity contribution is 5.78. The van der Waals surface area contributed by atoms with Gasteiger partial charge in [-0.05, 0) is 24.8 Å². The van der Waals surface area contributed by atoms with Crippen LogP contribution in [-0.2, 0) is 11.3 Å². The number of carbonyl (C=O) groups excluding carboxylic acids is 1. The minimum absolute atomic E-state index is 0.117. The number of rotatable bonds is 3. The Balaban J connectivity index is 1.86. The molecule has 1 heterocycles. The van der Waals surface area contributed by atoms with Crippen molar-refractivity contribution >= 4 is 5.91 Å². The van der Waals surface area contributed by atoms with E-state index in [9.17, 15) is 9.59 Å². The molecule has 1 aromatic rings. The minimum Gasteiger partial charge on any atom is -0.350 e. The van der Waals surface area contributed by atoms with Crippen molar-refractivity contribution in [2.45, 2.75) is 39.2 Å². The summed E-state index contributed by atoms with van der Waals surface area (Å²) in [6.45, 7) is 2.61. The molecule has 1 amide bonds. The van der Waals surface area contributed by atoms with Crippen molar-refractivity contribution in [3.63, 3.8) is 0 Å². The first kappa shape index (κ1) is 12.9. The van der Waals surface area contributed by atoms with E-state index < -0.39 is 0 Å². The summed E-state index contributed by atoms with van der Waals surface area (Å²) in [6.07, 6.45) is 4.34. The molecule has 0 aliphatic heterocycles. The third kappa shape index (κ3) is 3.45. The molecule has 18 heavy (non-hydrogen) atoms. The maximum atomic E-state index is 12.0. The number of amides is 1. The largest absolute Gasteiger partial charge is 0.350 e. The molecule has 0 bridgehead atoms. The second-order valence-electron chi connectivity index (χ2n) is 5.23. The van der Waals surface area contributed by atoms with Crippen molar-refractivity contribution in [3.8, 4) is 0 Å². The fraction of sp³-hybridized carbons (Fsp3) is 0.571. The summed E-state index contributed by atoms with van der Waals surface area (Å²) in [7, 11) is 0. The summed E-state index contributed by atoms with van der Waals surface area (Å²) in [5.74, 6) is 0.904. The summed E-state index contributed by atoms with van der Waals surface area (Å²) in [4.78, 5) is 25.8. The van der Waals surface area contributed by atoms with Gasteiger partial charge in [-0.3, -0.25) is 9.59 Å². The summed E-state index contributed by atoms with van der Waals surface area (Å²) in [5.41, 5.74) is 0.618. The predicted molar refractivity (Wildman–Crippen MR) is 70.0 cm³/mol. The van der Waals surface area contributed by atoms with Gasteiger partial charge in [-0.1, -0.05) is 25.8 Å². The summed E-state index contributed by atoms with van der Waals surface area (Å²) >= 11 is 0. The Bertz CT molecular complexity index is 467. The number of aromatic amines is 1. The van der Waals surface area contributed by atoms with Crippen molar-refractivity contribution in [1.29, 1.82) is 0 Å². The van der Waals surface area contributed by atoms with Crippen molar-refractivity contribution < 1.29 is 4.79 Å². The number of H-pyrrole nitrogens is 1. The Morgan fingerprint density at radius 1 is 1.44 bits per heavy atom. The van der Waals surface area contributed by atoms with Crippen LogP contribution in [0.4, 0.5) is 0 Å². The van der Waals surface area contributed by atoms with Gasteiger partial charge in [0.2, 0.25) is 11.5 Å². The second kappa shape index (κ2) is 5.85. The average Bonchev–Trinajstić information content (AvgIpc) is 2.36. The predicted octanol–water partition coefficient (Wildman–Crippen LogP) is 1.82. The fourth-order valence-corrected chi connectivity index (χ4v) is 2.60. The highest BCUT2D eigenvalue weighted by Gasteiger charge is 2.24. The third-order valence-electron chi connectivity index (χ3n) is 3.59. The van der Waals surface area contributed by atoms with Gasteiger partial charge in [-0.25, -0.2) is 0 Å². The summed E-state index contributed by atoms with van der Waals surface area (Å²) in [6, 6.07) is 4.97. The molecule has 0 spiro atoms. The maximum Gasteiger partial charge on any atom is 0.248 e. The highest BCUT2D eigenvalue weighted by atomic mass is 16.2. The molecule has 0 aromatic carbocycles. The molecule has 2 atom stereocenters. The molecule has 2 unspecified atom stereocenters. The lowest BCUT2D eigenvalue weighted by Gasteiger charge is -2.25. The molecule has 4 heteroatoms. The topological polar surface area (TPSA) is 62.0 Å². The zero-order valence-electron chi connectivity index (χ0n) is 10.7. The molecule has 98 valence electrons. The second-order valence-corrected chi connectivity index (χ2v) is 5.23. The normalized spacial score (nSPS) is 23.6.